The summed E-state index contributed by atoms with van der Waals surface area (Å²) in [5.74, 6) is 2.13. The normalized spacial score (nSPS) is 26.6. The Hall–Kier alpha value is -1.85. The van der Waals surface area contributed by atoms with Gasteiger partial charge >= 0.3 is 6.03 Å². The van der Waals surface area contributed by atoms with E-state index < -0.39 is 0 Å². The van der Waals surface area contributed by atoms with E-state index in [0.29, 0.717) is 30.9 Å². The van der Waals surface area contributed by atoms with Crippen LogP contribution in [-0.4, -0.2) is 40.6 Å². The summed E-state index contributed by atoms with van der Waals surface area (Å²) in [6, 6.07) is 0.436. The molecule has 24 heavy (non-hydrogen) atoms. The van der Waals surface area contributed by atoms with Gasteiger partial charge in [0, 0.05) is 19.0 Å². The van der Waals surface area contributed by atoms with Crippen LogP contribution in [0.5, 0.6) is 5.88 Å². The van der Waals surface area contributed by atoms with Gasteiger partial charge in [-0.3, -0.25) is 0 Å². The second-order valence-electron chi connectivity index (χ2n) is 7.33. The predicted molar refractivity (Wildman–Crippen MR) is 89.7 cm³/mol. The summed E-state index contributed by atoms with van der Waals surface area (Å²) >= 11 is 0. The molecule has 4 rings (SSSR count). The second kappa shape index (κ2) is 6.57. The third kappa shape index (κ3) is 3.06. The Labute approximate surface area is 143 Å². The van der Waals surface area contributed by atoms with Crippen LogP contribution in [0.3, 0.4) is 0 Å². The Kier molecular flexibility index (Phi) is 4.29. The Balaban J connectivity index is 1.34. The molecule has 1 N–H and O–H groups in total. The fourth-order valence-electron chi connectivity index (χ4n) is 4.38. The number of urea groups is 1. The molecule has 6 nitrogen and oxygen atoms in total. The smallest absolute Gasteiger partial charge is 0.317 e. The zero-order valence-electron chi connectivity index (χ0n) is 14.3. The van der Waals surface area contributed by atoms with Gasteiger partial charge < -0.3 is 15.0 Å². The quantitative estimate of drug-likeness (QED) is 0.925. The SMILES string of the molecule is COc1ncnc2c1CN(C(=O)NC1CC1C1CCCCC1)CC2. The number of nitrogens with zero attached hydrogens (tertiary/aromatic N) is 3. The van der Waals surface area contributed by atoms with Crippen molar-refractivity contribution in [2.45, 2.75) is 57.5 Å². The molecule has 2 atom stereocenters. The number of rotatable bonds is 3. The predicted octanol–water partition coefficient (Wildman–Crippen LogP) is 2.52. The molecule has 3 aliphatic rings. The molecule has 0 saturated heterocycles. The van der Waals surface area contributed by atoms with Crippen molar-refractivity contribution in [1.29, 1.82) is 0 Å². The molecular formula is C18H26N4O2. The average Bonchev–Trinajstić information content (AvgIpc) is 3.40. The minimum Gasteiger partial charge on any atom is -0.481 e. The minimum absolute atomic E-state index is 0.0508. The summed E-state index contributed by atoms with van der Waals surface area (Å²) in [4.78, 5) is 23.0. The van der Waals surface area contributed by atoms with E-state index in [1.54, 1.807) is 7.11 Å². The van der Waals surface area contributed by atoms with Crippen molar-refractivity contribution in [3.8, 4) is 5.88 Å². The second-order valence-corrected chi connectivity index (χ2v) is 7.33. The highest BCUT2D eigenvalue weighted by Crippen LogP contribution is 2.44. The van der Waals surface area contributed by atoms with E-state index >= 15 is 0 Å². The van der Waals surface area contributed by atoms with Crippen LogP contribution in [0.1, 0.15) is 49.8 Å². The van der Waals surface area contributed by atoms with E-state index in [-0.39, 0.29) is 6.03 Å². The number of carbonyl (C=O) groups is 1. The Morgan fingerprint density at radius 1 is 1.29 bits per heavy atom. The highest BCUT2D eigenvalue weighted by atomic mass is 16.5. The lowest BCUT2D eigenvalue weighted by Gasteiger charge is -2.29. The maximum Gasteiger partial charge on any atom is 0.317 e. The number of hydrogen-bond donors (Lipinski definition) is 1. The molecule has 130 valence electrons. The Morgan fingerprint density at radius 2 is 2.12 bits per heavy atom. The number of ether oxygens (including phenoxy) is 1. The van der Waals surface area contributed by atoms with E-state index in [0.717, 1.165) is 30.0 Å². The number of amides is 2. The lowest BCUT2D eigenvalue weighted by Crippen LogP contribution is -2.44. The van der Waals surface area contributed by atoms with Crippen molar-refractivity contribution >= 4 is 6.03 Å². The number of hydrogen-bond acceptors (Lipinski definition) is 4. The van der Waals surface area contributed by atoms with Crippen LogP contribution in [0, 0.1) is 11.8 Å². The van der Waals surface area contributed by atoms with E-state index in [1.165, 1.54) is 38.4 Å². The molecule has 1 aliphatic heterocycles. The molecule has 2 amide bonds. The van der Waals surface area contributed by atoms with Gasteiger partial charge in [0.1, 0.15) is 6.33 Å². The van der Waals surface area contributed by atoms with Crippen LogP contribution in [0.4, 0.5) is 4.79 Å². The first kappa shape index (κ1) is 15.7. The molecule has 2 aliphatic carbocycles. The van der Waals surface area contributed by atoms with Crippen LogP contribution in [-0.2, 0) is 13.0 Å². The number of carbonyl (C=O) groups excluding carboxylic acids is 1. The largest absolute Gasteiger partial charge is 0.481 e. The average molecular weight is 330 g/mol. The Bertz CT molecular complexity index is 601. The molecule has 1 aromatic heterocycles. The van der Waals surface area contributed by atoms with Crippen LogP contribution in [0.25, 0.3) is 0 Å². The molecule has 0 spiro atoms. The molecule has 0 bridgehead atoms. The third-order valence-electron chi connectivity index (χ3n) is 5.85. The van der Waals surface area contributed by atoms with Crippen LogP contribution in [0.2, 0.25) is 0 Å². The summed E-state index contributed by atoms with van der Waals surface area (Å²) in [7, 11) is 1.61. The number of nitrogens with one attached hydrogen (secondary N) is 1. The molecule has 2 saturated carbocycles. The van der Waals surface area contributed by atoms with Crippen molar-refractivity contribution in [2.75, 3.05) is 13.7 Å². The molecule has 2 fully saturated rings. The lowest BCUT2D eigenvalue weighted by atomic mass is 9.85. The maximum absolute atomic E-state index is 12.6. The molecule has 1 aromatic rings. The third-order valence-corrected chi connectivity index (χ3v) is 5.85. The number of fused-ring (bicyclic) bond motifs is 1. The minimum atomic E-state index is 0.0508. The van der Waals surface area contributed by atoms with Crippen molar-refractivity contribution in [3.63, 3.8) is 0 Å². The van der Waals surface area contributed by atoms with Gasteiger partial charge in [0.25, 0.3) is 0 Å². The van der Waals surface area contributed by atoms with E-state index in [2.05, 4.69) is 15.3 Å². The topological polar surface area (TPSA) is 67.4 Å². The maximum atomic E-state index is 12.6. The van der Waals surface area contributed by atoms with Gasteiger partial charge in [-0.15, -0.1) is 0 Å². The fourth-order valence-corrected chi connectivity index (χ4v) is 4.38. The summed E-state index contributed by atoms with van der Waals surface area (Å²) in [5, 5.41) is 3.24. The monoisotopic (exact) mass is 330 g/mol. The molecule has 0 radical (unpaired) electrons. The first-order chi connectivity index (χ1) is 11.8. The van der Waals surface area contributed by atoms with E-state index in [9.17, 15) is 4.79 Å². The zero-order chi connectivity index (χ0) is 16.5. The molecular weight excluding hydrogens is 304 g/mol. The van der Waals surface area contributed by atoms with Gasteiger partial charge in [0.15, 0.2) is 0 Å². The molecule has 6 heteroatoms. The van der Waals surface area contributed by atoms with Crippen LogP contribution < -0.4 is 10.1 Å². The summed E-state index contributed by atoms with van der Waals surface area (Å²) < 4.78 is 5.32. The standard InChI is InChI=1S/C18H26N4O2/c1-24-17-14-10-22(8-7-15(14)19-11-20-17)18(23)21-16-9-13(16)12-5-3-2-4-6-12/h11-13,16H,2-10H2,1H3,(H,21,23). The fraction of sp³-hybridized carbons (Fsp3) is 0.722. The van der Waals surface area contributed by atoms with Crippen molar-refractivity contribution in [3.05, 3.63) is 17.6 Å². The van der Waals surface area contributed by atoms with Crippen molar-refractivity contribution in [2.24, 2.45) is 11.8 Å². The highest BCUT2D eigenvalue weighted by molar-refractivity contribution is 5.75. The van der Waals surface area contributed by atoms with Crippen molar-refractivity contribution in [1.82, 2.24) is 20.2 Å². The number of aromatic nitrogens is 2. The van der Waals surface area contributed by atoms with E-state index in [4.69, 9.17) is 4.74 Å². The van der Waals surface area contributed by atoms with E-state index in [1.807, 2.05) is 4.90 Å². The van der Waals surface area contributed by atoms with Gasteiger partial charge in [-0.1, -0.05) is 32.1 Å². The zero-order valence-corrected chi connectivity index (χ0v) is 14.3. The summed E-state index contributed by atoms with van der Waals surface area (Å²) in [6.07, 6.45) is 10.3. The first-order valence-electron chi connectivity index (χ1n) is 9.18. The van der Waals surface area contributed by atoms with Crippen molar-refractivity contribution < 1.29 is 9.53 Å². The van der Waals surface area contributed by atoms with Crippen LogP contribution in [0.15, 0.2) is 6.33 Å². The van der Waals surface area contributed by atoms with Gasteiger partial charge in [-0.05, 0) is 18.3 Å². The first-order valence-corrected chi connectivity index (χ1v) is 9.18. The lowest BCUT2D eigenvalue weighted by molar-refractivity contribution is 0.188. The molecule has 2 unspecified atom stereocenters. The highest BCUT2D eigenvalue weighted by Gasteiger charge is 2.44. The van der Waals surface area contributed by atoms with Crippen LogP contribution >= 0.6 is 0 Å². The number of methoxy groups -OCH3 is 1. The summed E-state index contributed by atoms with van der Waals surface area (Å²) in [5.41, 5.74) is 1.94. The summed E-state index contributed by atoms with van der Waals surface area (Å²) in [6.45, 7) is 1.24. The molecule has 2 heterocycles. The molecule has 0 aromatic carbocycles. The van der Waals surface area contributed by atoms with Gasteiger partial charge in [-0.25, -0.2) is 14.8 Å². The van der Waals surface area contributed by atoms with Gasteiger partial charge in [-0.2, -0.15) is 0 Å². The Morgan fingerprint density at radius 3 is 2.92 bits per heavy atom. The van der Waals surface area contributed by atoms with Gasteiger partial charge in [0.05, 0.1) is 24.9 Å². The van der Waals surface area contributed by atoms with Gasteiger partial charge in [0.2, 0.25) is 5.88 Å².